The monoisotopic (exact) mass is 456 g/mol. The van der Waals surface area contributed by atoms with Gasteiger partial charge in [-0.1, -0.05) is 17.8 Å². The number of amides is 3. The highest BCUT2D eigenvalue weighted by molar-refractivity contribution is 8.00. The summed E-state index contributed by atoms with van der Waals surface area (Å²) < 4.78 is 1.60. The highest BCUT2D eigenvalue weighted by Gasteiger charge is 2.25. The molecule has 0 spiro atoms. The second-order valence-corrected chi connectivity index (χ2v) is 10.3. The summed E-state index contributed by atoms with van der Waals surface area (Å²) in [4.78, 5) is 43.9. The molecule has 4 rings (SSSR count). The van der Waals surface area contributed by atoms with E-state index in [0.717, 1.165) is 59.8 Å². The zero-order valence-corrected chi connectivity index (χ0v) is 19.3. The first-order valence-corrected chi connectivity index (χ1v) is 11.9. The van der Waals surface area contributed by atoms with E-state index in [0.29, 0.717) is 15.4 Å². The van der Waals surface area contributed by atoms with Gasteiger partial charge in [0.25, 0.3) is 5.56 Å². The van der Waals surface area contributed by atoms with E-state index in [9.17, 15) is 14.4 Å². The Morgan fingerprint density at radius 2 is 1.87 bits per heavy atom. The molecule has 0 saturated heterocycles. The summed E-state index contributed by atoms with van der Waals surface area (Å²) in [6, 6.07) is 5.03. The van der Waals surface area contributed by atoms with Gasteiger partial charge in [-0.2, -0.15) is 0 Å². The number of primary amides is 1. The van der Waals surface area contributed by atoms with E-state index >= 15 is 0 Å². The van der Waals surface area contributed by atoms with Crippen molar-refractivity contribution in [3.63, 3.8) is 0 Å². The van der Waals surface area contributed by atoms with Crippen LogP contribution in [0.3, 0.4) is 0 Å². The molecule has 162 valence electrons. The van der Waals surface area contributed by atoms with Crippen molar-refractivity contribution < 1.29 is 9.59 Å². The van der Waals surface area contributed by atoms with Crippen LogP contribution in [0, 0.1) is 13.8 Å². The van der Waals surface area contributed by atoms with Gasteiger partial charge in [-0.15, -0.1) is 11.3 Å². The Morgan fingerprint density at radius 3 is 2.55 bits per heavy atom. The van der Waals surface area contributed by atoms with E-state index in [1.807, 2.05) is 32.0 Å². The molecule has 9 heteroatoms. The normalized spacial score (nSPS) is 14.3. The number of rotatable bonds is 4. The molecule has 2 aromatic heterocycles. The topological polar surface area (TPSA) is 107 Å². The largest absolute Gasteiger partial charge is 0.351 e. The molecule has 0 saturated carbocycles. The van der Waals surface area contributed by atoms with Crippen molar-refractivity contribution in [2.24, 2.45) is 5.73 Å². The molecule has 1 unspecified atom stereocenters. The van der Waals surface area contributed by atoms with E-state index in [1.165, 1.54) is 4.88 Å². The van der Waals surface area contributed by atoms with Crippen molar-refractivity contribution in [1.29, 1.82) is 0 Å². The first kappa shape index (κ1) is 21.6. The molecule has 7 nitrogen and oxygen atoms in total. The van der Waals surface area contributed by atoms with Crippen molar-refractivity contribution >= 4 is 45.3 Å². The zero-order valence-electron chi connectivity index (χ0n) is 17.7. The number of fused-ring (bicyclic) bond motifs is 3. The number of thiophene rings is 1. The summed E-state index contributed by atoms with van der Waals surface area (Å²) >= 11 is 2.71. The van der Waals surface area contributed by atoms with E-state index in [-0.39, 0.29) is 5.56 Å². The Kier molecular flexibility index (Phi) is 5.90. The Morgan fingerprint density at radius 1 is 1.19 bits per heavy atom. The quantitative estimate of drug-likeness (QED) is 0.461. The minimum atomic E-state index is -0.904. The van der Waals surface area contributed by atoms with Gasteiger partial charge in [0, 0.05) is 4.88 Å². The van der Waals surface area contributed by atoms with Crippen LogP contribution in [0.4, 0.5) is 4.79 Å². The lowest BCUT2D eigenvalue weighted by Gasteiger charge is -2.16. The van der Waals surface area contributed by atoms with Crippen molar-refractivity contribution in [2.75, 3.05) is 0 Å². The fraction of sp³-hybridized carbons (Fsp3) is 0.364. The number of benzene rings is 1. The molecular weight excluding hydrogens is 432 g/mol. The van der Waals surface area contributed by atoms with Gasteiger partial charge in [0.2, 0.25) is 5.91 Å². The molecule has 2 heterocycles. The smallest absolute Gasteiger partial charge is 0.318 e. The third-order valence-electron chi connectivity index (χ3n) is 5.32. The number of aryl methyl sites for hydroxylation is 4. The van der Waals surface area contributed by atoms with Crippen LogP contribution < -0.4 is 16.6 Å². The van der Waals surface area contributed by atoms with Crippen LogP contribution in [0.15, 0.2) is 28.2 Å². The number of carbonyl (C=O) groups excluding carboxylic acids is 2. The Hall–Kier alpha value is -2.65. The van der Waals surface area contributed by atoms with Crippen molar-refractivity contribution in [1.82, 2.24) is 14.9 Å². The zero-order chi connectivity index (χ0) is 22.3. The summed E-state index contributed by atoms with van der Waals surface area (Å²) in [6.45, 7) is 5.62. The number of urea groups is 1. The third-order valence-corrected chi connectivity index (χ3v) is 7.56. The first-order valence-electron chi connectivity index (χ1n) is 10.2. The Bertz CT molecular complexity index is 1240. The lowest BCUT2D eigenvalue weighted by atomic mass is 9.97. The number of nitrogens with zero attached hydrogens (tertiary/aromatic N) is 2. The number of hydrogen-bond donors (Lipinski definition) is 2. The van der Waals surface area contributed by atoms with E-state index < -0.39 is 17.2 Å². The second-order valence-electron chi connectivity index (χ2n) is 7.89. The fourth-order valence-corrected chi connectivity index (χ4v) is 6.24. The average molecular weight is 457 g/mol. The number of thioether (sulfide) groups is 1. The van der Waals surface area contributed by atoms with Crippen LogP contribution in [0.1, 0.15) is 41.3 Å². The van der Waals surface area contributed by atoms with Gasteiger partial charge in [-0.05, 0) is 75.3 Å². The van der Waals surface area contributed by atoms with Gasteiger partial charge in [-0.3, -0.25) is 19.5 Å². The van der Waals surface area contributed by atoms with Crippen LogP contribution >= 0.6 is 23.1 Å². The van der Waals surface area contributed by atoms with Gasteiger partial charge in [0.1, 0.15) is 4.83 Å². The summed E-state index contributed by atoms with van der Waals surface area (Å²) in [7, 11) is 0. The number of nitrogens with two attached hydrogens (primary N) is 1. The van der Waals surface area contributed by atoms with Gasteiger partial charge in [-0.25, -0.2) is 9.78 Å². The molecule has 1 aromatic carbocycles. The van der Waals surface area contributed by atoms with Gasteiger partial charge in [0.05, 0.1) is 16.3 Å². The van der Waals surface area contributed by atoms with Gasteiger partial charge in [0.15, 0.2) is 5.16 Å². The second kappa shape index (κ2) is 8.47. The molecule has 0 fully saturated rings. The third kappa shape index (κ3) is 4.24. The van der Waals surface area contributed by atoms with Crippen molar-refractivity contribution in [3.05, 3.63) is 50.1 Å². The van der Waals surface area contributed by atoms with Crippen LogP contribution in [0.5, 0.6) is 0 Å². The SMILES string of the molecule is Cc1cc(C)cc(-n2c(SC(C)C(=O)NC(N)=O)nc3sc4c(c3c2=O)CCCC4)c1. The molecule has 0 aliphatic heterocycles. The maximum absolute atomic E-state index is 13.8. The summed E-state index contributed by atoms with van der Waals surface area (Å²) in [6.07, 6.45) is 4.06. The molecule has 3 aromatic rings. The Balaban J connectivity index is 1.92. The highest BCUT2D eigenvalue weighted by Crippen LogP contribution is 2.36. The first-order chi connectivity index (χ1) is 14.7. The minimum absolute atomic E-state index is 0.112. The lowest BCUT2D eigenvalue weighted by molar-refractivity contribution is -0.119. The van der Waals surface area contributed by atoms with E-state index in [4.69, 9.17) is 10.7 Å². The summed E-state index contributed by atoms with van der Waals surface area (Å²) in [5, 5.41) is 2.55. The minimum Gasteiger partial charge on any atom is -0.351 e. The maximum Gasteiger partial charge on any atom is 0.318 e. The van der Waals surface area contributed by atoms with Gasteiger partial charge >= 0.3 is 6.03 Å². The lowest BCUT2D eigenvalue weighted by Crippen LogP contribution is -2.39. The van der Waals surface area contributed by atoms with Crippen LogP contribution in [0.2, 0.25) is 0 Å². The fourth-order valence-electron chi connectivity index (χ4n) is 4.01. The molecule has 0 bridgehead atoms. The Labute approximate surface area is 188 Å². The highest BCUT2D eigenvalue weighted by atomic mass is 32.2. The van der Waals surface area contributed by atoms with Crippen molar-refractivity contribution in [2.45, 2.75) is 56.9 Å². The van der Waals surface area contributed by atoms with Crippen molar-refractivity contribution in [3.8, 4) is 5.69 Å². The average Bonchev–Trinajstić information content (AvgIpc) is 3.05. The maximum atomic E-state index is 13.8. The van der Waals surface area contributed by atoms with E-state index in [2.05, 4.69) is 5.32 Å². The molecule has 1 atom stereocenters. The number of hydrogen-bond acceptors (Lipinski definition) is 6. The van der Waals surface area contributed by atoms with Gasteiger partial charge < -0.3 is 5.73 Å². The van der Waals surface area contributed by atoms with Crippen LogP contribution in [-0.4, -0.2) is 26.7 Å². The molecule has 31 heavy (non-hydrogen) atoms. The molecular formula is C22H24N4O3S2. The predicted molar refractivity (Wildman–Crippen MR) is 124 cm³/mol. The molecule has 3 N–H and O–H groups in total. The van der Waals surface area contributed by atoms with Crippen LogP contribution in [-0.2, 0) is 17.6 Å². The molecule has 3 amide bonds. The number of nitrogens with one attached hydrogen (secondary N) is 1. The molecule has 1 aliphatic carbocycles. The predicted octanol–water partition coefficient (Wildman–Crippen LogP) is 3.62. The number of carbonyl (C=O) groups is 2. The van der Waals surface area contributed by atoms with E-state index in [1.54, 1.807) is 22.8 Å². The molecule has 1 aliphatic rings. The number of aromatic nitrogens is 2. The number of imide groups is 1. The molecule has 0 radical (unpaired) electrons. The van der Waals surface area contributed by atoms with Crippen LogP contribution in [0.25, 0.3) is 15.9 Å². The standard InChI is InChI=1S/C22H24N4O3S2/c1-11-8-12(2)10-14(9-11)26-20(28)17-15-6-4-5-7-16(15)31-19(17)25-22(26)30-13(3)18(27)24-21(23)29/h8-10,13H,4-7H2,1-3H3,(H3,23,24,27,29). The summed E-state index contributed by atoms with van der Waals surface area (Å²) in [5.74, 6) is -0.524. The summed E-state index contributed by atoms with van der Waals surface area (Å²) in [5.41, 5.74) is 8.88.